The molecule has 1 rings (SSSR count). The van der Waals surface area contributed by atoms with Gasteiger partial charge in [0, 0.05) is 0 Å². The van der Waals surface area contributed by atoms with Gasteiger partial charge in [0.1, 0.15) is 11.9 Å². The molecule has 0 heterocycles. The maximum Gasteiger partial charge on any atom is 0.122 e. The van der Waals surface area contributed by atoms with Crippen LogP contribution in [0, 0.1) is 13.8 Å². The van der Waals surface area contributed by atoms with Crippen LogP contribution < -0.4 is 10.6 Å². The standard InChI is InChI=1S/C11H17NO3/c1-7-5-11(14-3)8(2)4-9(7)10(13)6-15-12/h4-5,10,13H,6,12H2,1-3H3. The Balaban J connectivity index is 3.04. The Kier molecular flexibility index (Phi) is 4.08. The molecule has 1 atom stereocenters. The summed E-state index contributed by atoms with van der Waals surface area (Å²) in [5.74, 6) is 5.74. The molecule has 0 saturated heterocycles. The van der Waals surface area contributed by atoms with Crippen LogP contribution in [0.5, 0.6) is 5.75 Å². The Hall–Kier alpha value is -1.10. The van der Waals surface area contributed by atoms with E-state index in [2.05, 4.69) is 4.84 Å². The van der Waals surface area contributed by atoms with Gasteiger partial charge in [-0.3, -0.25) is 0 Å². The summed E-state index contributed by atoms with van der Waals surface area (Å²) in [6.45, 7) is 3.93. The number of benzene rings is 1. The van der Waals surface area contributed by atoms with Crippen LogP contribution >= 0.6 is 0 Å². The largest absolute Gasteiger partial charge is 0.496 e. The first-order valence-electron chi connectivity index (χ1n) is 4.75. The zero-order valence-electron chi connectivity index (χ0n) is 9.28. The summed E-state index contributed by atoms with van der Waals surface area (Å²) in [6.07, 6.45) is -0.695. The molecule has 3 N–H and O–H groups in total. The number of methoxy groups -OCH3 is 1. The number of aliphatic hydroxyl groups is 1. The topological polar surface area (TPSA) is 64.7 Å². The Morgan fingerprint density at radius 3 is 2.53 bits per heavy atom. The van der Waals surface area contributed by atoms with Gasteiger partial charge in [-0.2, -0.15) is 0 Å². The van der Waals surface area contributed by atoms with Gasteiger partial charge < -0.3 is 14.7 Å². The van der Waals surface area contributed by atoms with Gasteiger partial charge in [0.25, 0.3) is 0 Å². The van der Waals surface area contributed by atoms with Gasteiger partial charge in [0.05, 0.1) is 13.7 Å². The fraction of sp³-hybridized carbons (Fsp3) is 0.455. The molecule has 0 saturated carbocycles. The average Bonchev–Trinajstić information content (AvgIpc) is 2.21. The molecule has 1 aromatic rings. The predicted octanol–water partition coefficient (Wildman–Crippen LogP) is 1.24. The quantitative estimate of drug-likeness (QED) is 0.735. The molecule has 0 aliphatic carbocycles. The van der Waals surface area contributed by atoms with Crippen molar-refractivity contribution in [3.8, 4) is 5.75 Å². The van der Waals surface area contributed by atoms with Crippen molar-refractivity contribution in [2.24, 2.45) is 5.90 Å². The smallest absolute Gasteiger partial charge is 0.122 e. The maximum absolute atomic E-state index is 9.74. The second kappa shape index (κ2) is 5.11. The molecule has 0 aliphatic rings. The summed E-state index contributed by atoms with van der Waals surface area (Å²) < 4.78 is 5.18. The van der Waals surface area contributed by atoms with Crippen molar-refractivity contribution >= 4 is 0 Å². The third kappa shape index (κ3) is 2.68. The van der Waals surface area contributed by atoms with Crippen LogP contribution in [0.1, 0.15) is 22.8 Å². The second-order valence-corrected chi connectivity index (χ2v) is 3.53. The minimum absolute atomic E-state index is 0.0899. The fourth-order valence-electron chi connectivity index (χ4n) is 1.57. The third-order valence-corrected chi connectivity index (χ3v) is 2.40. The molecule has 4 heteroatoms. The average molecular weight is 211 g/mol. The van der Waals surface area contributed by atoms with Crippen LogP contribution in [0.15, 0.2) is 12.1 Å². The minimum atomic E-state index is -0.695. The van der Waals surface area contributed by atoms with Crippen LogP contribution in [0.25, 0.3) is 0 Å². The molecule has 0 aromatic heterocycles. The molecule has 0 aliphatic heterocycles. The lowest BCUT2D eigenvalue weighted by Crippen LogP contribution is -2.12. The van der Waals surface area contributed by atoms with Gasteiger partial charge in [-0.1, -0.05) is 0 Å². The lowest BCUT2D eigenvalue weighted by Gasteiger charge is -2.15. The highest BCUT2D eigenvalue weighted by Gasteiger charge is 2.12. The van der Waals surface area contributed by atoms with E-state index < -0.39 is 6.10 Å². The Bertz CT molecular complexity index is 339. The molecule has 0 radical (unpaired) electrons. The van der Waals surface area contributed by atoms with E-state index in [-0.39, 0.29) is 6.61 Å². The molecule has 0 amide bonds. The van der Waals surface area contributed by atoms with Gasteiger partial charge >= 0.3 is 0 Å². The van der Waals surface area contributed by atoms with Crippen LogP contribution in [0.2, 0.25) is 0 Å². The number of aryl methyl sites for hydroxylation is 2. The third-order valence-electron chi connectivity index (χ3n) is 2.40. The Morgan fingerprint density at radius 2 is 2.00 bits per heavy atom. The van der Waals surface area contributed by atoms with Crippen molar-refractivity contribution in [1.29, 1.82) is 0 Å². The van der Waals surface area contributed by atoms with Crippen LogP contribution in [-0.4, -0.2) is 18.8 Å². The summed E-state index contributed by atoms with van der Waals surface area (Å²) in [5, 5.41) is 9.74. The maximum atomic E-state index is 9.74. The van der Waals surface area contributed by atoms with E-state index in [9.17, 15) is 5.11 Å². The highest BCUT2D eigenvalue weighted by Crippen LogP contribution is 2.26. The molecule has 15 heavy (non-hydrogen) atoms. The number of nitrogens with two attached hydrogens (primary N) is 1. The number of hydrogen-bond donors (Lipinski definition) is 2. The highest BCUT2D eigenvalue weighted by atomic mass is 16.6. The number of ether oxygens (including phenoxy) is 1. The molecule has 84 valence electrons. The molecule has 0 fully saturated rings. The van der Waals surface area contributed by atoms with Gasteiger partial charge in [0.2, 0.25) is 0 Å². The molecular weight excluding hydrogens is 194 g/mol. The summed E-state index contributed by atoms with van der Waals surface area (Å²) in [7, 11) is 1.63. The predicted molar refractivity (Wildman–Crippen MR) is 57.6 cm³/mol. The molecule has 0 spiro atoms. The summed E-state index contributed by atoms with van der Waals surface area (Å²) >= 11 is 0. The van der Waals surface area contributed by atoms with Crippen molar-refractivity contribution in [2.75, 3.05) is 13.7 Å². The molecule has 1 aromatic carbocycles. The summed E-state index contributed by atoms with van der Waals surface area (Å²) in [6, 6.07) is 3.78. The lowest BCUT2D eigenvalue weighted by atomic mass is 10.0. The van der Waals surface area contributed by atoms with E-state index >= 15 is 0 Å². The van der Waals surface area contributed by atoms with E-state index in [1.807, 2.05) is 26.0 Å². The fourth-order valence-corrected chi connectivity index (χ4v) is 1.57. The molecular formula is C11H17NO3. The second-order valence-electron chi connectivity index (χ2n) is 3.53. The summed E-state index contributed by atoms with van der Waals surface area (Å²) in [5.41, 5.74) is 2.76. The monoisotopic (exact) mass is 211 g/mol. The molecule has 1 unspecified atom stereocenters. The zero-order valence-corrected chi connectivity index (χ0v) is 9.28. The van der Waals surface area contributed by atoms with E-state index in [1.165, 1.54) is 0 Å². The van der Waals surface area contributed by atoms with Crippen LogP contribution in [-0.2, 0) is 4.84 Å². The van der Waals surface area contributed by atoms with E-state index in [0.29, 0.717) is 0 Å². The van der Waals surface area contributed by atoms with E-state index in [0.717, 1.165) is 22.4 Å². The van der Waals surface area contributed by atoms with E-state index in [4.69, 9.17) is 10.6 Å². The Labute approximate surface area is 89.6 Å². The Morgan fingerprint density at radius 1 is 1.33 bits per heavy atom. The highest BCUT2D eigenvalue weighted by molar-refractivity contribution is 5.42. The minimum Gasteiger partial charge on any atom is -0.496 e. The van der Waals surface area contributed by atoms with Gasteiger partial charge in [-0.15, -0.1) is 0 Å². The SMILES string of the molecule is COc1cc(C)c(C(O)CON)cc1C. The summed E-state index contributed by atoms with van der Waals surface area (Å²) in [4.78, 5) is 4.43. The normalized spacial score (nSPS) is 12.6. The van der Waals surface area contributed by atoms with Crippen molar-refractivity contribution in [1.82, 2.24) is 0 Å². The van der Waals surface area contributed by atoms with E-state index in [1.54, 1.807) is 7.11 Å². The van der Waals surface area contributed by atoms with Crippen LogP contribution in [0.3, 0.4) is 0 Å². The lowest BCUT2D eigenvalue weighted by molar-refractivity contribution is 0.0355. The number of aliphatic hydroxyl groups excluding tert-OH is 1. The first-order valence-corrected chi connectivity index (χ1v) is 4.75. The first kappa shape index (κ1) is 12.0. The van der Waals surface area contributed by atoms with Gasteiger partial charge in [-0.25, -0.2) is 5.90 Å². The molecule has 0 bridgehead atoms. The van der Waals surface area contributed by atoms with Crippen molar-refractivity contribution in [2.45, 2.75) is 20.0 Å². The first-order chi connectivity index (χ1) is 7.10. The molecule has 4 nitrogen and oxygen atoms in total. The number of rotatable bonds is 4. The van der Waals surface area contributed by atoms with Gasteiger partial charge in [-0.05, 0) is 42.7 Å². The van der Waals surface area contributed by atoms with Gasteiger partial charge in [0.15, 0.2) is 0 Å². The van der Waals surface area contributed by atoms with Crippen molar-refractivity contribution in [3.05, 3.63) is 28.8 Å². The van der Waals surface area contributed by atoms with Crippen molar-refractivity contribution < 1.29 is 14.7 Å². The number of hydrogen-bond acceptors (Lipinski definition) is 4. The zero-order chi connectivity index (χ0) is 11.4. The van der Waals surface area contributed by atoms with Crippen LogP contribution in [0.4, 0.5) is 0 Å². The van der Waals surface area contributed by atoms with Crippen molar-refractivity contribution in [3.63, 3.8) is 0 Å².